The number of aromatic nitrogens is 1. The van der Waals surface area contributed by atoms with Crippen molar-refractivity contribution in [3.63, 3.8) is 0 Å². The molecule has 5 nitrogen and oxygen atoms in total. The van der Waals surface area contributed by atoms with Crippen LogP contribution in [0.5, 0.6) is 5.75 Å². The molecule has 0 amide bonds. The van der Waals surface area contributed by atoms with Crippen LogP contribution in [0.4, 0.5) is 0 Å². The van der Waals surface area contributed by atoms with Crippen LogP contribution in [0.1, 0.15) is 38.8 Å². The molecule has 0 aliphatic carbocycles. The predicted molar refractivity (Wildman–Crippen MR) is 128 cm³/mol. The van der Waals surface area contributed by atoms with Crippen LogP contribution in [-0.2, 0) is 13.1 Å². The van der Waals surface area contributed by atoms with Gasteiger partial charge in [0.25, 0.3) is 5.56 Å². The zero-order valence-electron chi connectivity index (χ0n) is 18.1. The van der Waals surface area contributed by atoms with E-state index in [1.807, 2.05) is 46.4 Å². The summed E-state index contributed by atoms with van der Waals surface area (Å²) < 4.78 is 7.60. The third kappa shape index (κ3) is 4.20. The van der Waals surface area contributed by atoms with Gasteiger partial charge in [-0.3, -0.25) is 14.5 Å². The molecule has 1 aromatic carbocycles. The predicted octanol–water partition coefficient (Wildman–Crippen LogP) is 4.43. The van der Waals surface area contributed by atoms with E-state index in [1.54, 1.807) is 19.3 Å². The van der Waals surface area contributed by atoms with Crippen molar-refractivity contribution < 1.29 is 9.53 Å². The Bertz CT molecular complexity index is 1210. The number of carbonyl (C=O) groups excluding carboxylic acids is 1. The summed E-state index contributed by atoms with van der Waals surface area (Å²) in [6, 6.07) is 15.4. The van der Waals surface area contributed by atoms with Crippen molar-refractivity contribution in [2.75, 3.05) is 20.2 Å². The zero-order chi connectivity index (χ0) is 22.1. The molecule has 0 saturated carbocycles. The van der Waals surface area contributed by atoms with Crippen LogP contribution in [-0.4, -0.2) is 35.4 Å². The van der Waals surface area contributed by atoms with Crippen molar-refractivity contribution in [3.05, 3.63) is 92.0 Å². The Kier molecular flexibility index (Phi) is 5.81. The molecule has 2 aliphatic rings. The van der Waals surface area contributed by atoms with Crippen molar-refractivity contribution >= 4 is 23.2 Å². The monoisotopic (exact) mass is 446 g/mol. The summed E-state index contributed by atoms with van der Waals surface area (Å²) >= 11 is 1.45. The number of pyridine rings is 1. The first-order chi connectivity index (χ1) is 15.6. The van der Waals surface area contributed by atoms with Gasteiger partial charge in [-0.25, -0.2) is 0 Å². The molecule has 4 heterocycles. The van der Waals surface area contributed by atoms with Gasteiger partial charge in [-0.2, -0.15) is 0 Å². The van der Waals surface area contributed by atoms with Gasteiger partial charge in [-0.1, -0.05) is 24.3 Å². The molecule has 2 atom stereocenters. The molecule has 1 saturated heterocycles. The van der Waals surface area contributed by atoms with Gasteiger partial charge < -0.3 is 9.30 Å². The molecule has 2 aromatic heterocycles. The third-order valence-corrected chi connectivity index (χ3v) is 7.33. The molecule has 0 N–H and O–H groups in total. The number of rotatable bonds is 6. The van der Waals surface area contributed by atoms with E-state index >= 15 is 0 Å². The van der Waals surface area contributed by atoms with E-state index in [4.69, 9.17) is 4.74 Å². The van der Waals surface area contributed by atoms with Crippen molar-refractivity contribution in [2.45, 2.75) is 25.4 Å². The van der Waals surface area contributed by atoms with Gasteiger partial charge in [0.15, 0.2) is 5.78 Å². The highest BCUT2D eigenvalue weighted by molar-refractivity contribution is 7.12. The fourth-order valence-electron chi connectivity index (χ4n) is 5.06. The van der Waals surface area contributed by atoms with E-state index in [2.05, 4.69) is 17.0 Å². The van der Waals surface area contributed by atoms with E-state index in [-0.39, 0.29) is 11.3 Å². The van der Waals surface area contributed by atoms with Crippen molar-refractivity contribution in [2.24, 2.45) is 5.92 Å². The molecule has 2 aliphatic heterocycles. The van der Waals surface area contributed by atoms with Crippen molar-refractivity contribution in [1.29, 1.82) is 0 Å². The zero-order valence-corrected chi connectivity index (χ0v) is 18.9. The Hall–Kier alpha value is -2.96. The Morgan fingerprint density at radius 3 is 2.88 bits per heavy atom. The molecular weight excluding hydrogens is 420 g/mol. The van der Waals surface area contributed by atoms with Gasteiger partial charge >= 0.3 is 0 Å². The topological polar surface area (TPSA) is 51.5 Å². The lowest BCUT2D eigenvalue weighted by Gasteiger charge is -2.43. The molecule has 0 spiro atoms. The van der Waals surface area contributed by atoms with E-state index in [0.717, 1.165) is 60.0 Å². The van der Waals surface area contributed by atoms with Gasteiger partial charge in [-0.15, -0.1) is 11.3 Å². The molecular formula is C26H26N2O3S. The lowest BCUT2D eigenvalue weighted by molar-refractivity contribution is 0.105. The first kappa shape index (κ1) is 20.9. The van der Waals surface area contributed by atoms with Crippen LogP contribution >= 0.6 is 11.3 Å². The number of fused-ring (bicyclic) bond motifs is 4. The summed E-state index contributed by atoms with van der Waals surface area (Å²) in [6.07, 6.45) is 4.65. The van der Waals surface area contributed by atoms with Crippen molar-refractivity contribution in [1.82, 2.24) is 9.47 Å². The molecule has 3 aromatic rings. The maximum atomic E-state index is 12.3. The first-order valence-electron chi connectivity index (χ1n) is 11.0. The number of benzene rings is 1. The normalized spacial score (nSPS) is 20.3. The second kappa shape index (κ2) is 8.88. The maximum absolute atomic E-state index is 12.3. The Labute approximate surface area is 191 Å². The average Bonchev–Trinajstić information content (AvgIpc) is 3.33. The van der Waals surface area contributed by atoms with E-state index in [9.17, 15) is 9.59 Å². The van der Waals surface area contributed by atoms with Gasteiger partial charge in [0.05, 0.1) is 12.0 Å². The fraction of sp³-hybridized carbons (Fsp3) is 0.308. The Balaban J connectivity index is 1.34. The number of carbonyl (C=O) groups is 1. The fourth-order valence-corrected chi connectivity index (χ4v) is 5.71. The van der Waals surface area contributed by atoms with Crippen LogP contribution < -0.4 is 10.3 Å². The highest BCUT2D eigenvalue weighted by Crippen LogP contribution is 2.36. The summed E-state index contributed by atoms with van der Waals surface area (Å²) in [5.74, 6) is 1.75. The van der Waals surface area contributed by atoms with Gasteiger partial charge in [0, 0.05) is 49.4 Å². The van der Waals surface area contributed by atoms with Crippen molar-refractivity contribution in [3.8, 4) is 5.75 Å². The largest absolute Gasteiger partial charge is 0.496 e. The van der Waals surface area contributed by atoms with Crippen LogP contribution in [0.15, 0.2) is 64.8 Å². The molecule has 0 unspecified atom stereocenters. The maximum Gasteiger partial charge on any atom is 0.250 e. The summed E-state index contributed by atoms with van der Waals surface area (Å²) in [7, 11) is 1.70. The lowest BCUT2D eigenvalue weighted by atomic mass is 9.83. The number of hydrogen-bond donors (Lipinski definition) is 0. The van der Waals surface area contributed by atoms with Crippen LogP contribution in [0.2, 0.25) is 0 Å². The molecule has 6 heteroatoms. The molecule has 0 radical (unpaired) electrons. The number of piperidine rings is 1. The van der Waals surface area contributed by atoms with E-state index in [0.29, 0.717) is 11.8 Å². The summed E-state index contributed by atoms with van der Waals surface area (Å²) in [5, 5.41) is 1.91. The number of ether oxygens (including phenoxy) is 1. The quantitative estimate of drug-likeness (QED) is 0.415. The standard InChI is InChI=1S/C26H26N2O3S/c1-31-24-10-8-18(7-9-23(29)25-5-3-11-32-25)12-21(24)17-27-14-19-13-20(16-27)22-4-2-6-26(30)28(22)15-19/h2-12,19-20H,13-17H2,1H3/b9-7+/t19-,20-/m0/s1. The minimum atomic E-state index is 0.0233. The average molecular weight is 447 g/mol. The number of thiophene rings is 1. The highest BCUT2D eigenvalue weighted by atomic mass is 32.1. The summed E-state index contributed by atoms with van der Waals surface area (Å²) in [5.41, 5.74) is 3.38. The van der Waals surface area contributed by atoms with Gasteiger partial charge in [0.2, 0.25) is 0 Å². The minimum absolute atomic E-state index is 0.0233. The SMILES string of the molecule is COc1ccc(/C=C/C(=O)c2cccs2)cc1CN1C[C@@H]2C[C@@H](C1)c1cccc(=O)n1C2. The van der Waals surface area contributed by atoms with Gasteiger partial charge in [-0.05, 0) is 53.6 Å². The molecule has 164 valence electrons. The summed E-state index contributed by atoms with van der Waals surface area (Å²) in [4.78, 5) is 27.8. The second-order valence-electron chi connectivity index (χ2n) is 8.64. The minimum Gasteiger partial charge on any atom is -0.496 e. The van der Waals surface area contributed by atoms with E-state index < -0.39 is 0 Å². The first-order valence-corrected chi connectivity index (χ1v) is 11.8. The Morgan fingerprint density at radius 1 is 1.16 bits per heavy atom. The number of likely N-dealkylation sites (tertiary alicyclic amines) is 1. The highest BCUT2D eigenvalue weighted by Gasteiger charge is 2.34. The molecule has 5 rings (SSSR count). The Morgan fingerprint density at radius 2 is 2.06 bits per heavy atom. The number of methoxy groups -OCH3 is 1. The van der Waals surface area contributed by atoms with Crippen LogP contribution in [0, 0.1) is 5.92 Å². The van der Waals surface area contributed by atoms with E-state index in [1.165, 1.54) is 11.3 Å². The summed E-state index contributed by atoms with van der Waals surface area (Å²) in [6.45, 7) is 3.48. The van der Waals surface area contributed by atoms with Crippen LogP contribution in [0.25, 0.3) is 6.08 Å². The number of hydrogen-bond acceptors (Lipinski definition) is 5. The molecule has 32 heavy (non-hydrogen) atoms. The van der Waals surface area contributed by atoms with Crippen LogP contribution in [0.3, 0.4) is 0 Å². The lowest BCUT2D eigenvalue weighted by Crippen LogP contribution is -2.46. The third-order valence-electron chi connectivity index (χ3n) is 6.44. The van der Waals surface area contributed by atoms with Gasteiger partial charge in [0.1, 0.15) is 5.75 Å². The smallest absolute Gasteiger partial charge is 0.250 e. The number of nitrogens with zero attached hydrogens (tertiary/aromatic N) is 2. The number of allylic oxidation sites excluding steroid dienone is 1. The number of ketones is 1. The second-order valence-corrected chi connectivity index (χ2v) is 9.59. The molecule has 1 fully saturated rings. The molecule has 2 bridgehead atoms.